The zero-order valence-electron chi connectivity index (χ0n) is 17.8. The van der Waals surface area contributed by atoms with Gasteiger partial charge in [0, 0.05) is 41.8 Å². The zero-order valence-corrected chi connectivity index (χ0v) is 18.6. The molecular formula is C22H26FN5O2S. The van der Waals surface area contributed by atoms with Gasteiger partial charge in [-0.15, -0.1) is 0 Å². The lowest BCUT2D eigenvalue weighted by atomic mass is 10.2. The Morgan fingerprint density at radius 2 is 1.61 bits per heavy atom. The van der Waals surface area contributed by atoms with Crippen LogP contribution >= 0.6 is 0 Å². The quantitative estimate of drug-likeness (QED) is 0.508. The van der Waals surface area contributed by atoms with E-state index in [0.717, 1.165) is 24.6 Å². The molecule has 7 nitrogen and oxygen atoms in total. The Morgan fingerprint density at radius 1 is 0.968 bits per heavy atom. The second-order valence-corrected chi connectivity index (χ2v) is 8.74. The number of aryl methyl sites for hydroxylation is 1. The van der Waals surface area contributed by atoms with Crippen LogP contribution in [-0.4, -0.2) is 31.5 Å². The first kappa shape index (κ1) is 22.5. The average molecular weight is 444 g/mol. The second-order valence-electron chi connectivity index (χ2n) is 7.02. The maximum atomic E-state index is 13.8. The standard InChI is InChI=1S/C22H26FN5O2S/c1-4-28(5-2)21-14-16(3)24-22(26-21)25-18-10-12-19(13-11-18)27-31(29,30)15-17-8-6-7-9-20(17)23/h6-14,27H,4-5,15H2,1-3H3,(H,24,25,26). The Hall–Kier alpha value is -3.20. The van der Waals surface area contributed by atoms with Crippen LogP contribution < -0.4 is 14.9 Å². The molecule has 3 aromatic rings. The maximum Gasteiger partial charge on any atom is 0.237 e. The zero-order chi connectivity index (χ0) is 22.4. The van der Waals surface area contributed by atoms with Gasteiger partial charge in [-0.1, -0.05) is 18.2 Å². The lowest BCUT2D eigenvalue weighted by Crippen LogP contribution is -2.23. The minimum absolute atomic E-state index is 0.119. The van der Waals surface area contributed by atoms with Crippen molar-refractivity contribution in [3.05, 3.63) is 71.7 Å². The van der Waals surface area contributed by atoms with E-state index in [9.17, 15) is 12.8 Å². The summed E-state index contributed by atoms with van der Waals surface area (Å²) in [7, 11) is -3.75. The van der Waals surface area contributed by atoms with E-state index in [-0.39, 0.29) is 5.56 Å². The summed E-state index contributed by atoms with van der Waals surface area (Å²) < 4.78 is 41.0. The van der Waals surface area contributed by atoms with Crippen molar-refractivity contribution < 1.29 is 12.8 Å². The van der Waals surface area contributed by atoms with E-state index in [4.69, 9.17) is 0 Å². The molecule has 0 amide bonds. The molecule has 9 heteroatoms. The van der Waals surface area contributed by atoms with Crippen molar-refractivity contribution in [1.29, 1.82) is 0 Å². The minimum atomic E-state index is -3.75. The van der Waals surface area contributed by atoms with Crippen LogP contribution in [0.15, 0.2) is 54.6 Å². The summed E-state index contributed by atoms with van der Waals surface area (Å²) in [5.41, 5.74) is 2.06. The molecule has 1 heterocycles. The van der Waals surface area contributed by atoms with Crippen LogP contribution in [0.5, 0.6) is 0 Å². The van der Waals surface area contributed by atoms with Crippen molar-refractivity contribution in [1.82, 2.24) is 9.97 Å². The van der Waals surface area contributed by atoms with E-state index >= 15 is 0 Å². The fourth-order valence-electron chi connectivity index (χ4n) is 3.10. The summed E-state index contributed by atoms with van der Waals surface area (Å²) in [6.45, 7) is 7.73. The van der Waals surface area contributed by atoms with Crippen LogP contribution in [-0.2, 0) is 15.8 Å². The van der Waals surface area contributed by atoms with Crippen molar-refractivity contribution in [2.45, 2.75) is 26.5 Å². The lowest BCUT2D eigenvalue weighted by Gasteiger charge is -2.20. The highest BCUT2D eigenvalue weighted by Gasteiger charge is 2.15. The second kappa shape index (κ2) is 9.74. The summed E-state index contributed by atoms with van der Waals surface area (Å²) in [5.74, 6) is 0.326. The molecule has 0 aliphatic carbocycles. The summed E-state index contributed by atoms with van der Waals surface area (Å²) in [6, 6.07) is 14.5. The third kappa shape index (κ3) is 6.14. The predicted octanol–water partition coefficient (Wildman–Crippen LogP) is 4.46. The van der Waals surface area contributed by atoms with Gasteiger partial charge in [0.25, 0.3) is 0 Å². The topological polar surface area (TPSA) is 87.2 Å². The van der Waals surface area contributed by atoms with E-state index < -0.39 is 21.6 Å². The van der Waals surface area contributed by atoms with Gasteiger partial charge >= 0.3 is 0 Å². The van der Waals surface area contributed by atoms with Gasteiger partial charge in [0.15, 0.2) is 0 Å². The Balaban J connectivity index is 1.70. The number of halogens is 1. The molecule has 2 N–H and O–H groups in total. The number of hydrogen-bond acceptors (Lipinski definition) is 6. The van der Waals surface area contributed by atoms with Gasteiger partial charge in [0.2, 0.25) is 16.0 Å². The normalized spacial score (nSPS) is 11.2. The number of aromatic nitrogens is 2. The number of sulfonamides is 1. The monoisotopic (exact) mass is 443 g/mol. The summed E-state index contributed by atoms with van der Waals surface area (Å²) in [4.78, 5) is 11.1. The van der Waals surface area contributed by atoms with E-state index in [1.54, 1.807) is 30.3 Å². The van der Waals surface area contributed by atoms with E-state index in [1.807, 2.05) is 13.0 Å². The Labute approximate surface area is 182 Å². The highest BCUT2D eigenvalue weighted by atomic mass is 32.2. The Morgan fingerprint density at radius 3 is 2.26 bits per heavy atom. The number of hydrogen-bond donors (Lipinski definition) is 2. The molecule has 0 bridgehead atoms. The summed E-state index contributed by atoms with van der Waals surface area (Å²) in [6.07, 6.45) is 0. The van der Waals surface area contributed by atoms with Gasteiger partial charge in [-0.05, 0) is 51.1 Å². The largest absolute Gasteiger partial charge is 0.357 e. The molecule has 0 atom stereocenters. The molecule has 0 aliphatic heterocycles. The molecule has 0 spiro atoms. The van der Waals surface area contributed by atoms with Crippen molar-refractivity contribution in [2.75, 3.05) is 28.0 Å². The van der Waals surface area contributed by atoms with E-state index in [1.165, 1.54) is 18.2 Å². The van der Waals surface area contributed by atoms with Gasteiger partial charge in [0.1, 0.15) is 11.6 Å². The molecule has 3 rings (SSSR count). The fraction of sp³-hybridized carbons (Fsp3) is 0.273. The molecule has 164 valence electrons. The summed E-state index contributed by atoms with van der Waals surface area (Å²) in [5, 5.41) is 3.15. The van der Waals surface area contributed by atoms with Crippen molar-refractivity contribution in [2.24, 2.45) is 0 Å². The molecule has 31 heavy (non-hydrogen) atoms. The SMILES string of the molecule is CCN(CC)c1cc(C)nc(Nc2ccc(NS(=O)(=O)Cc3ccccc3F)cc2)n1. The highest BCUT2D eigenvalue weighted by molar-refractivity contribution is 7.91. The van der Waals surface area contributed by atoms with E-state index in [2.05, 4.69) is 38.8 Å². The first-order valence-electron chi connectivity index (χ1n) is 10.0. The molecule has 0 fully saturated rings. The molecule has 1 aromatic heterocycles. The van der Waals surface area contributed by atoms with Crippen LogP contribution in [0.4, 0.5) is 27.5 Å². The van der Waals surface area contributed by atoms with Crippen LogP contribution in [0.3, 0.4) is 0 Å². The third-order valence-electron chi connectivity index (χ3n) is 4.65. The molecule has 0 radical (unpaired) electrons. The number of rotatable bonds is 9. The fourth-order valence-corrected chi connectivity index (χ4v) is 4.31. The van der Waals surface area contributed by atoms with Crippen LogP contribution in [0.1, 0.15) is 25.1 Å². The number of nitrogens with zero attached hydrogens (tertiary/aromatic N) is 3. The maximum absolute atomic E-state index is 13.8. The Kier molecular flexibility index (Phi) is 7.06. The van der Waals surface area contributed by atoms with Gasteiger partial charge in [0.05, 0.1) is 5.75 Å². The highest BCUT2D eigenvalue weighted by Crippen LogP contribution is 2.21. The van der Waals surface area contributed by atoms with Crippen molar-refractivity contribution in [3.8, 4) is 0 Å². The smallest absolute Gasteiger partial charge is 0.237 e. The van der Waals surface area contributed by atoms with Gasteiger partial charge in [-0.2, -0.15) is 4.98 Å². The van der Waals surface area contributed by atoms with Gasteiger partial charge in [-0.3, -0.25) is 4.72 Å². The predicted molar refractivity (Wildman–Crippen MR) is 123 cm³/mol. The molecule has 0 saturated carbocycles. The first-order chi connectivity index (χ1) is 14.8. The van der Waals surface area contributed by atoms with Crippen LogP contribution in [0.2, 0.25) is 0 Å². The molecular weight excluding hydrogens is 417 g/mol. The first-order valence-corrected chi connectivity index (χ1v) is 11.7. The number of anilines is 4. The molecule has 0 saturated heterocycles. The summed E-state index contributed by atoms with van der Waals surface area (Å²) >= 11 is 0. The molecule has 0 aliphatic rings. The minimum Gasteiger partial charge on any atom is -0.357 e. The lowest BCUT2D eigenvalue weighted by molar-refractivity contribution is 0.591. The van der Waals surface area contributed by atoms with Crippen LogP contribution in [0, 0.1) is 12.7 Å². The molecule has 2 aromatic carbocycles. The molecule has 0 unspecified atom stereocenters. The van der Waals surface area contributed by atoms with Crippen molar-refractivity contribution in [3.63, 3.8) is 0 Å². The van der Waals surface area contributed by atoms with Gasteiger partial charge in [-0.25, -0.2) is 17.8 Å². The van der Waals surface area contributed by atoms with Crippen LogP contribution in [0.25, 0.3) is 0 Å². The van der Waals surface area contributed by atoms with Crippen molar-refractivity contribution >= 4 is 33.2 Å². The van der Waals surface area contributed by atoms with Gasteiger partial charge < -0.3 is 10.2 Å². The number of benzene rings is 2. The Bertz CT molecular complexity index is 1130. The van der Waals surface area contributed by atoms with E-state index in [0.29, 0.717) is 17.3 Å². The third-order valence-corrected chi connectivity index (χ3v) is 5.88. The average Bonchev–Trinajstić information content (AvgIpc) is 2.71. The number of nitrogens with one attached hydrogen (secondary N) is 2.